The van der Waals surface area contributed by atoms with Gasteiger partial charge in [-0.05, 0) is 68.4 Å². The van der Waals surface area contributed by atoms with Gasteiger partial charge in [0.1, 0.15) is 12.5 Å². The molecule has 0 saturated carbocycles. The zero-order valence-electron chi connectivity index (χ0n) is 22.4. The van der Waals surface area contributed by atoms with E-state index in [-0.39, 0.29) is 11.8 Å². The highest BCUT2D eigenvalue weighted by Gasteiger charge is 2.30. The van der Waals surface area contributed by atoms with E-state index in [2.05, 4.69) is 10.6 Å². The Hall–Kier alpha value is -5.09. The predicted octanol–water partition coefficient (Wildman–Crippen LogP) is 4.35. The van der Waals surface area contributed by atoms with Crippen LogP contribution in [0.5, 0.6) is 11.5 Å². The van der Waals surface area contributed by atoms with Crippen LogP contribution in [0.25, 0.3) is 11.3 Å². The number of fused-ring (bicyclic) bond motifs is 2. The van der Waals surface area contributed by atoms with Gasteiger partial charge in [-0.3, -0.25) is 9.59 Å². The van der Waals surface area contributed by atoms with Crippen LogP contribution < -0.4 is 30.7 Å². The fourth-order valence-corrected chi connectivity index (χ4v) is 4.46. The molecule has 0 bridgehead atoms. The molecule has 3 aromatic rings. The lowest BCUT2D eigenvalue weighted by atomic mass is 9.98. The molecule has 10 nitrogen and oxygen atoms in total. The maximum atomic E-state index is 13.3. The third-order valence-electron chi connectivity index (χ3n) is 6.49. The Kier molecular flexibility index (Phi) is 6.78. The van der Waals surface area contributed by atoms with Crippen molar-refractivity contribution < 1.29 is 28.6 Å². The number of rotatable bonds is 6. The van der Waals surface area contributed by atoms with E-state index < -0.39 is 11.5 Å². The van der Waals surface area contributed by atoms with E-state index in [0.717, 1.165) is 0 Å². The summed E-state index contributed by atoms with van der Waals surface area (Å²) in [6, 6.07) is 17.4. The Morgan fingerprint density at radius 2 is 1.62 bits per heavy atom. The van der Waals surface area contributed by atoms with Crippen molar-refractivity contribution in [2.24, 2.45) is 5.73 Å². The number of likely N-dealkylation sites (N-methyl/N-ethyl adjacent to an activating group) is 1. The average Bonchev–Trinajstić information content (AvgIpc) is 3.28. The third-order valence-corrected chi connectivity index (χ3v) is 6.49. The monoisotopic (exact) mass is 540 g/mol. The maximum Gasteiger partial charge on any atom is 0.337 e. The molecule has 3 aromatic carbocycles. The van der Waals surface area contributed by atoms with E-state index in [1.807, 2.05) is 6.07 Å². The van der Waals surface area contributed by atoms with Gasteiger partial charge < -0.3 is 35.5 Å². The summed E-state index contributed by atoms with van der Waals surface area (Å²) in [5, 5.41) is 6.22. The van der Waals surface area contributed by atoms with Gasteiger partial charge in [0.2, 0.25) is 5.91 Å². The summed E-state index contributed by atoms with van der Waals surface area (Å²) in [5.41, 5.74) is 9.25. The average molecular weight is 541 g/mol. The number of amides is 2. The molecule has 10 heteroatoms. The molecule has 2 aliphatic rings. The summed E-state index contributed by atoms with van der Waals surface area (Å²) >= 11 is 0. The Balaban J connectivity index is 1.57. The van der Waals surface area contributed by atoms with Crippen molar-refractivity contribution in [1.29, 1.82) is 0 Å². The van der Waals surface area contributed by atoms with Crippen LogP contribution in [-0.4, -0.2) is 37.5 Å². The Morgan fingerprint density at radius 3 is 2.30 bits per heavy atom. The molecule has 0 spiro atoms. The minimum absolute atomic E-state index is 0.230. The lowest BCUT2D eigenvalue weighted by Crippen LogP contribution is -2.49. The molecule has 0 aromatic heterocycles. The molecule has 40 heavy (non-hydrogen) atoms. The first-order valence-corrected chi connectivity index (χ1v) is 12.4. The number of carbonyl (C=O) groups is 3. The SMILES string of the molecule is COC(=O)c1ccc2c(c1)NC(=O)/C2=C(\Nc1ccc(N(C)C(=O)C(C)(C)N)cc1)c1ccc2c(c1)OC=CO2. The molecule has 0 saturated heterocycles. The molecule has 0 unspecified atom stereocenters. The molecule has 2 heterocycles. The highest BCUT2D eigenvalue weighted by Crippen LogP contribution is 2.40. The number of anilines is 3. The van der Waals surface area contributed by atoms with Crippen LogP contribution in [0.3, 0.4) is 0 Å². The Bertz CT molecular complexity index is 1580. The van der Waals surface area contributed by atoms with Crippen LogP contribution in [0, 0.1) is 0 Å². The van der Waals surface area contributed by atoms with E-state index in [0.29, 0.717) is 56.5 Å². The van der Waals surface area contributed by atoms with Gasteiger partial charge in [0.25, 0.3) is 5.91 Å². The number of esters is 1. The van der Waals surface area contributed by atoms with Crippen molar-refractivity contribution >= 4 is 46.1 Å². The van der Waals surface area contributed by atoms with Crippen molar-refractivity contribution in [2.45, 2.75) is 19.4 Å². The summed E-state index contributed by atoms with van der Waals surface area (Å²) in [4.78, 5) is 39.5. The first-order valence-electron chi connectivity index (χ1n) is 12.4. The molecule has 204 valence electrons. The minimum atomic E-state index is -1.02. The summed E-state index contributed by atoms with van der Waals surface area (Å²) in [7, 11) is 2.97. The smallest absolute Gasteiger partial charge is 0.337 e. The molecular formula is C30H28N4O6. The largest absolute Gasteiger partial charge is 0.465 e. The normalized spacial score (nSPS) is 14.7. The zero-order valence-corrected chi connectivity index (χ0v) is 22.4. The highest BCUT2D eigenvalue weighted by atomic mass is 16.5. The molecule has 2 aliphatic heterocycles. The quantitative estimate of drug-likeness (QED) is 0.311. The number of nitrogens with zero attached hydrogens (tertiary/aromatic N) is 1. The van der Waals surface area contributed by atoms with Crippen molar-refractivity contribution in [1.82, 2.24) is 0 Å². The van der Waals surface area contributed by atoms with Gasteiger partial charge >= 0.3 is 5.97 Å². The van der Waals surface area contributed by atoms with Crippen LogP contribution >= 0.6 is 0 Å². The number of nitrogens with one attached hydrogen (secondary N) is 2. The molecule has 5 rings (SSSR count). The van der Waals surface area contributed by atoms with Crippen LogP contribution in [0.15, 0.2) is 73.2 Å². The van der Waals surface area contributed by atoms with Gasteiger partial charge in [-0.1, -0.05) is 6.07 Å². The van der Waals surface area contributed by atoms with Crippen molar-refractivity contribution in [3.63, 3.8) is 0 Å². The number of methoxy groups -OCH3 is 1. The van der Waals surface area contributed by atoms with E-state index in [1.165, 1.54) is 24.5 Å². The molecule has 2 amide bonds. The van der Waals surface area contributed by atoms with Gasteiger partial charge in [0, 0.05) is 29.5 Å². The van der Waals surface area contributed by atoms with Gasteiger partial charge in [-0.25, -0.2) is 4.79 Å². The second-order valence-corrected chi connectivity index (χ2v) is 9.88. The van der Waals surface area contributed by atoms with Crippen LogP contribution in [0.4, 0.5) is 17.1 Å². The summed E-state index contributed by atoms with van der Waals surface area (Å²) in [6.45, 7) is 3.31. The first-order chi connectivity index (χ1) is 19.1. The van der Waals surface area contributed by atoms with Crippen LogP contribution in [-0.2, 0) is 14.3 Å². The maximum absolute atomic E-state index is 13.3. The number of benzene rings is 3. The summed E-state index contributed by atoms with van der Waals surface area (Å²) < 4.78 is 15.9. The first kappa shape index (κ1) is 26.5. The lowest BCUT2D eigenvalue weighted by molar-refractivity contribution is -0.122. The Labute approximate surface area is 231 Å². The van der Waals surface area contributed by atoms with Crippen LogP contribution in [0.1, 0.15) is 35.3 Å². The number of hydrogen-bond acceptors (Lipinski definition) is 8. The van der Waals surface area contributed by atoms with Crippen molar-refractivity contribution in [3.8, 4) is 11.5 Å². The molecular weight excluding hydrogens is 512 g/mol. The van der Waals surface area contributed by atoms with Crippen molar-refractivity contribution in [3.05, 3.63) is 89.9 Å². The second kappa shape index (κ2) is 10.2. The molecule has 0 atom stereocenters. The Morgan fingerprint density at radius 1 is 0.950 bits per heavy atom. The second-order valence-electron chi connectivity index (χ2n) is 9.88. The highest BCUT2D eigenvalue weighted by molar-refractivity contribution is 6.37. The summed E-state index contributed by atoms with van der Waals surface area (Å²) in [6.07, 6.45) is 2.87. The topological polar surface area (TPSA) is 132 Å². The molecule has 0 aliphatic carbocycles. The lowest BCUT2D eigenvalue weighted by Gasteiger charge is -2.26. The number of hydrogen-bond donors (Lipinski definition) is 3. The minimum Gasteiger partial charge on any atom is -0.465 e. The molecule has 4 N–H and O–H groups in total. The van der Waals surface area contributed by atoms with E-state index in [1.54, 1.807) is 75.5 Å². The fraction of sp³-hybridized carbons (Fsp3) is 0.167. The zero-order chi connectivity index (χ0) is 28.6. The standard InChI is InChI=1S/C30H28N4O6/c1-30(2,31)29(37)34(3)20-9-7-19(8-10-20)32-26(17-6-12-23-24(16-17)40-14-13-39-23)25-21-11-5-18(28(36)38-4)15-22(21)33-27(25)35/h5-16,32H,31H2,1-4H3,(H,33,35)/b26-25-. The third kappa shape index (κ3) is 4.99. The number of carbonyl (C=O) groups excluding carboxylic acids is 3. The van der Waals surface area contributed by atoms with Gasteiger partial charge in [0.05, 0.1) is 35.2 Å². The molecule has 0 radical (unpaired) electrons. The summed E-state index contributed by atoms with van der Waals surface area (Å²) in [5.74, 6) is -0.0588. The number of ether oxygens (including phenoxy) is 3. The van der Waals surface area contributed by atoms with Gasteiger partial charge in [0.15, 0.2) is 11.5 Å². The molecule has 0 fully saturated rings. The van der Waals surface area contributed by atoms with Crippen LogP contribution in [0.2, 0.25) is 0 Å². The van der Waals surface area contributed by atoms with E-state index in [4.69, 9.17) is 19.9 Å². The number of nitrogens with two attached hydrogens (primary N) is 1. The fourth-order valence-electron chi connectivity index (χ4n) is 4.46. The van der Waals surface area contributed by atoms with E-state index >= 15 is 0 Å². The predicted molar refractivity (Wildman–Crippen MR) is 152 cm³/mol. The van der Waals surface area contributed by atoms with Crippen molar-refractivity contribution in [2.75, 3.05) is 29.7 Å². The van der Waals surface area contributed by atoms with Gasteiger partial charge in [-0.15, -0.1) is 0 Å². The van der Waals surface area contributed by atoms with E-state index in [9.17, 15) is 14.4 Å². The van der Waals surface area contributed by atoms with Gasteiger partial charge in [-0.2, -0.15) is 0 Å².